The highest BCUT2D eigenvalue weighted by Crippen LogP contribution is 2.29. The lowest BCUT2D eigenvalue weighted by Gasteiger charge is -2.21. The number of carboxylic acid groups (broad SMARTS) is 2. The Bertz CT molecular complexity index is 996. The van der Waals surface area contributed by atoms with Gasteiger partial charge in [0.15, 0.2) is 5.69 Å². The predicted octanol–water partition coefficient (Wildman–Crippen LogP) is 1.92. The molecule has 8 heteroatoms. The second kappa shape index (κ2) is 5.91. The number of benzene rings is 1. The molecule has 0 spiro atoms. The first kappa shape index (κ1) is 17.5. The van der Waals surface area contributed by atoms with Gasteiger partial charge in [-0.3, -0.25) is 9.79 Å². The van der Waals surface area contributed by atoms with E-state index < -0.39 is 28.7 Å². The molecule has 26 heavy (non-hydrogen) atoms. The number of carbonyl (C=O) groups excluding carboxylic acids is 1. The highest BCUT2D eigenvalue weighted by atomic mass is 16.4. The van der Waals surface area contributed by atoms with Crippen LogP contribution in [0.2, 0.25) is 0 Å². The van der Waals surface area contributed by atoms with Crippen molar-refractivity contribution in [1.82, 2.24) is 10.3 Å². The van der Waals surface area contributed by atoms with E-state index in [1.165, 1.54) is 6.07 Å². The number of carboxylic acids is 2. The van der Waals surface area contributed by atoms with Crippen molar-refractivity contribution in [2.45, 2.75) is 26.3 Å². The number of nitrogens with zero attached hydrogens (tertiary/aromatic N) is 2. The van der Waals surface area contributed by atoms with E-state index in [2.05, 4.69) is 15.3 Å². The molecule has 0 radical (unpaired) electrons. The number of fused-ring (bicyclic) bond motifs is 1. The Balaban J connectivity index is 2.26. The van der Waals surface area contributed by atoms with Crippen LogP contribution in [0, 0.1) is 5.92 Å². The van der Waals surface area contributed by atoms with Crippen LogP contribution in [0.25, 0.3) is 10.9 Å². The standard InChI is InChI=1S/C18H17N3O5/c1-8(2)18(3)17(26)20-14(21-18)9-5-4-6-12-10(9)7-11(15(22)23)13(19-12)16(24)25/h4-8H,1-3H3,(H,22,23)(H,24,25)(H,20,21,26). The first-order chi connectivity index (χ1) is 12.1. The monoisotopic (exact) mass is 355 g/mol. The molecule has 1 aliphatic rings. The number of pyridine rings is 1. The molecule has 2 heterocycles. The number of aromatic nitrogens is 1. The third-order valence-corrected chi connectivity index (χ3v) is 4.71. The Morgan fingerprint density at radius 3 is 2.42 bits per heavy atom. The largest absolute Gasteiger partial charge is 0.478 e. The molecule has 0 bridgehead atoms. The van der Waals surface area contributed by atoms with E-state index in [9.17, 15) is 24.6 Å². The van der Waals surface area contributed by atoms with Gasteiger partial charge in [-0.25, -0.2) is 14.6 Å². The number of amidine groups is 1. The molecule has 0 saturated heterocycles. The van der Waals surface area contributed by atoms with Crippen molar-refractivity contribution in [2.75, 3.05) is 0 Å². The number of hydrogen-bond acceptors (Lipinski definition) is 5. The van der Waals surface area contributed by atoms with E-state index >= 15 is 0 Å². The molecule has 1 atom stereocenters. The third kappa shape index (κ3) is 2.59. The Kier molecular flexibility index (Phi) is 3.98. The first-order valence-electron chi connectivity index (χ1n) is 7.97. The zero-order chi connectivity index (χ0) is 19.2. The molecule has 1 amide bonds. The molecular formula is C18H17N3O5. The van der Waals surface area contributed by atoms with Gasteiger partial charge in [-0.15, -0.1) is 0 Å². The van der Waals surface area contributed by atoms with Gasteiger partial charge in [-0.1, -0.05) is 26.0 Å². The van der Waals surface area contributed by atoms with Gasteiger partial charge < -0.3 is 15.5 Å². The number of rotatable bonds is 4. The van der Waals surface area contributed by atoms with Crippen molar-refractivity contribution in [3.8, 4) is 0 Å². The summed E-state index contributed by atoms with van der Waals surface area (Å²) in [7, 11) is 0. The molecule has 3 N–H and O–H groups in total. The molecule has 1 aromatic heterocycles. The van der Waals surface area contributed by atoms with Crippen LogP contribution >= 0.6 is 0 Å². The van der Waals surface area contributed by atoms with Gasteiger partial charge in [0.05, 0.1) is 11.1 Å². The lowest BCUT2D eigenvalue weighted by atomic mass is 9.89. The quantitative estimate of drug-likeness (QED) is 0.768. The highest BCUT2D eigenvalue weighted by molar-refractivity contribution is 6.20. The summed E-state index contributed by atoms with van der Waals surface area (Å²) in [5.41, 5.74) is -1.09. The van der Waals surface area contributed by atoms with Crippen molar-refractivity contribution in [1.29, 1.82) is 0 Å². The summed E-state index contributed by atoms with van der Waals surface area (Å²) >= 11 is 0. The molecular weight excluding hydrogens is 338 g/mol. The van der Waals surface area contributed by atoms with Gasteiger partial charge in [0.2, 0.25) is 0 Å². The summed E-state index contributed by atoms with van der Waals surface area (Å²) in [6.45, 7) is 5.51. The van der Waals surface area contributed by atoms with Gasteiger partial charge in [-0.2, -0.15) is 0 Å². The molecule has 2 aromatic rings. The summed E-state index contributed by atoms with van der Waals surface area (Å²) in [4.78, 5) is 43.6. The van der Waals surface area contributed by atoms with Crippen molar-refractivity contribution < 1.29 is 24.6 Å². The van der Waals surface area contributed by atoms with Crippen molar-refractivity contribution in [3.05, 3.63) is 41.1 Å². The minimum Gasteiger partial charge on any atom is -0.478 e. The zero-order valence-corrected chi connectivity index (χ0v) is 14.4. The number of carbonyl (C=O) groups is 3. The average Bonchev–Trinajstić information content (AvgIpc) is 2.89. The fraction of sp³-hybridized carbons (Fsp3) is 0.278. The molecule has 134 valence electrons. The molecule has 1 aromatic carbocycles. The fourth-order valence-corrected chi connectivity index (χ4v) is 2.79. The molecule has 0 aliphatic carbocycles. The maximum absolute atomic E-state index is 12.4. The maximum atomic E-state index is 12.4. The van der Waals surface area contributed by atoms with E-state index in [1.807, 2.05) is 13.8 Å². The minimum atomic E-state index is -1.42. The van der Waals surface area contributed by atoms with E-state index in [4.69, 9.17) is 0 Å². The van der Waals surface area contributed by atoms with Crippen molar-refractivity contribution in [3.63, 3.8) is 0 Å². The van der Waals surface area contributed by atoms with E-state index in [1.54, 1.807) is 25.1 Å². The molecule has 8 nitrogen and oxygen atoms in total. The van der Waals surface area contributed by atoms with Crippen molar-refractivity contribution >= 4 is 34.6 Å². The third-order valence-electron chi connectivity index (χ3n) is 4.71. The second-order valence-electron chi connectivity index (χ2n) is 6.58. The van der Waals surface area contributed by atoms with E-state index in [0.717, 1.165) is 0 Å². The Morgan fingerprint density at radius 2 is 1.88 bits per heavy atom. The fourth-order valence-electron chi connectivity index (χ4n) is 2.79. The summed E-state index contributed by atoms with van der Waals surface area (Å²) in [6.07, 6.45) is 0. The molecule has 0 saturated carbocycles. The van der Waals surface area contributed by atoms with Gasteiger partial charge in [0.25, 0.3) is 5.91 Å². The summed E-state index contributed by atoms with van der Waals surface area (Å²) in [5, 5.41) is 21.7. The van der Waals surface area contributed by atoms with Crippen LogP contribution < -0.4 is 5.32 Å². The van der Waals surface area contributed by atoms with Crippen LogP contribution in [0.4, 0.5) is 0 Å². The van der Waals surface area contributed by atoms with Gasteiger partial charge >= 0.3 is 11.9 Å². The number of aliphatic imine (C=N–C) groups is 1. The lowest BCUT2D eigenvalue weighted by molar-refractivity contribution is -0.124. The Labute approximate surface area is 148 Å². The van der Waals surface area contributed by atoms with Crippen LogP contribution in [0.5, 0.6) is 0 Å². The second-order valence-corrected chi connectivity index (χ2v) is 6.58. The molecule has 1 aliphatic heterocycles. The van der Waals surface area contributed by atoms with Crippen LogP contribution in [-0.2, 0) is 4.79 Å². The van der Waals surface area contributed by atoms with Crippen LogP contribution in [0.3, 0.4) is 0 Å². The lowest BCUT2D eigenvalue weighted by Crippen LogP contribution is -2.41. The molecule has 0 fully saturated rings. The predicted molar refractivity (Wildman–Crippen MR) is 93.6 cm³/mol. The van der Waals surface area contributed by atoms with E-state index in [-0.39, 0.29) is 11.8 Å². The van der Waals surface area contributed by atoms with Gasteiger partial charge in [-0.05, 0) is 25.0 Å². The molecule has 1 unspecified atom stereocenters. The van der Waals surface area contributed by atoms with Crippen LogP contribution in [-0.4, -0.2) is 44.4 Å². The number of hydrogen-bond donors (Lipinski definition) is 3. The SMILES string of the molecule is CC(C)C1(C)N=C(c2cccc3nc(C(=O)O)c(C(=O)O)cc23)NC1=O. The summed E-state index contributed by atoms with van der Waals surface area (Å²) in [6, 6.07) is 6.16. The zero-order valence-electron chi connectivity index (χ0n) is 14.4. The average molecular weight is 355 g/mol. The number of amides is 1. The van der Waals surface area contributed by atoms with Crippen molar-refractivity contribution in [2.24, 2.45) is 10.9 Å². The number of aromatic carboxylic acids is 2. The van der Waals surface area contributed by atoms with E-state index in [0.29, 0.717) is 22.3 Å². The Hall–Kier alpha value is -3.29. The smallest absolute Gasteiger partial charge is 0.355 e. The van der Waals surface area contributed by atoms with Gasteiger partial charge in [0.1, 0.15) is 11.4 Å². The van der Waals surface area contributed by atoms with Crippen LogP contribution in [0.15, 0.2) is 29.3 Å². The van der Waals surface area contributed by atoms with Crippen LogP contribution in [0.1, 0.15) is 47.2 Å². The maximum Gasteiger partial charge on any atom is 0.355 e. The Morgan fingerprint density at radius 1 is 1.19 bits per heavy atom. The first-order valence-corrected chi connectivity index (χ1v) is 7.97. The normalized spacial score (nSPS) is 19.5. The minimum absolute atomic E-state index is 0.0405. The molecule has 3 rings (SSSR count). The summed E-state index contributed by atoms with van der Waals surface area (Å²) < 4.78 is 0. The summed E-state index contributed by atoms with van der Waals surface area (Å²) in [5.74, 6) is -2.78. The number of nitrogens with one attached hydrogen (secondary N) is 1. The highest BCUT2D eigenvalue weighted by Gasteiger charge is 2.42. The topological polar surface area (TPSA) is 129 Å². The van der Waals surface area contributed by atoms with Gasteiger partial charge in [0, 0.05) is 10.9 Å².